The Labute approximate surface area is 411 Å². The topological polar surface area (TPSA) is 381 Å². The number of amides is 2. The largest absolute Gasteiger partial charge is 0.481 e. The summed E-state index contributed by atoms with van der Waals surface area (Å²) in [7, 11) is -16.5. The van der Waals surface area contributed by atoms with Crippen LogP contribution in [0.5, 0.6) is 0 Å². The summed E-state index contributed by atoms with van der Waals surface area (Å²) in [5.74, 6) is -1.41. The fourth-order valence-electron chi connectivity index (χ4n) is 6.99. The summed E-state index contributed by atoms with van der Waals surface area (Å²) in [6.07, 6.45) is 12.7. The van der Waals surface area contributed by atoms with Gasteiger partial charge in [0.2, 0.25) is 11.8 Å². The van der Waals surface area contributed by atoms with Gasteiger partial charge in [0.25, 0.3) is 0 Å². The van der Waals surface area contributed by atoms with Gasteiger partial charge in [-0.1, -0.05) is 96.1 Å². The molecule has 2 aromatic rings. The predicted octanol–water partition coefficient (Wildman–Crippen LogP) is 4.66. The second-order valence-electron chi connectivity index (χ2n) is 17.3. The Bertz CT molecular complexity index is 2160. The molecule has 70 heavy (non-hydrogen) atoms. The van der Waals surface area contributed by atoms with Crippen LogP contribution in [0, 0.1) is 5.41 Å². The molecule has 0 aromatic carbocycles. The number of rotatable bonds is 36. The van der Waals surface area contributed by atoms with E-state index in [-0.39, 0.29) is 59.6 Å². The lowest BCUT2D eigenvalue weighted by molar-refractivity contribution is -0.137. The molecule has 1 aliphatic heterocycles. The lowest BCUT2D eigenvalue weighted by atomic mass is 9.87. The van der Waals surface area contributed by atoms with E-state index in [0.717, 1.165) is 73.9 Å². The number of aliphatic hydroxyl groups is 2. The molecule has 7 atom stereocenters. The zero-order valence-corrected chi connectivity index (χ0v) is 43.2. The molecule has 2 amide bonds. The van der Waals surface area contributed by atoms with Gasteiger partial charge in [0, 0.05) is 37.1 Å². The third kappa shape index (κ3) is 22.8. The number of carbonyl (C=O) groups is 4. The van der Waals surface area contributed by atoms with Gasteiger partial charge in [-0.3, -0.25) is 37.3 Å². The number of nitrogen functional groups attached to an aromatic ring is 1. The van der Waals surface area contributed by atoms with Crippen LogP contribution in [-0.2, 0) is 55.5 Å². The number of hydrogen-bond donors (Lipinski definition) is 9. The summed E-state index contributed by atoms with van der Waals surface area (Å²) < 4.78 is 62.4. The molecular formula is C41H70N7O18P3S. The Morgan fingerprint density at radius 2 is 1.51 bits per heavy atom. The smallest absolute Gasteiger partial charge is 0.386 e. The normalized spacial score (nSPS) is 19.8. The maximum absolute atomic E-state index is 12.7. The highest BCUT2D eigenvalue weighted by Crippen LogP contribution is 2.61. The van der Waals surface area contributed by atoms with E-state index in [4.69, 9.17) is 19.5 Å². The molecule has 0 radical (unpaired) electrons. The number of allylic oxidation sites excluding steroid dienone is 2. The van der Waals surface area contributed by atoms with E-state index in [1.807, 2.05) is 0 Å². The van der Waals surface area contributed by atoms with E-state index in [2.05, 4.69) is 53.5 Å². The first-order chi connectivity index (χ1) is 32.9. The van der Waals surface area contributed by atoms with E-state index < -0.39 is 84.6 Å². The molecule has 1 fully saturated rings. The maximum atomic E-state index is 12.7. The van der Waals surface area contributed by atoms with Crippen molar-refractivity contribution < 1.29 is 85.3 Å². The summed E-state index contributed by atoms with van der Waals surface area (Å²) >= 11 is 0.935. The fourth-order valence-corrected chi connectivity index (χ4v) is 10.5. The van der Waals surface area contributed by atoms with Crippen molar-refractivity contribution in [3.8, 4) is 0 Å². The minimum absolute atomic E-state index is 0.0258. The Balaban J connectivity index is 1.29. The van der Waals surface area contributed by atoms with Crippen LogP contribution in [0.3, 0.4) is 0 Å². The molecule has 0 aliphatic carbocycles. The van der Waals surface area contributed by atoms with Crippen molar-refractivity contribution in [2.24, 2.45) is 5.41 Å². The number of Topliss-reactive ketones (excluding diaryl/α,β-unsaturated/α-hetero) is 1. The number of imidazole rings is 1. The number of anilines is 1. The number of unbranched alkanes of at least 4 members (excludes halogenated alkanes) is 11. The van der Waals surface area contributed by atoms with E-state index in [1.165, 1.54) is 52.4 Å². The van der Waals surface area contributed by atoms with Gasteiger partial charge < -0.3 is 50.9 Å². The van der Waals surface area contributed by atoms with Crippen LogP contribution >= 0.6 is 35.2 Å². The highest BCUT2D eigenvalue weighted by Gasteiger charge is 2.50. The molecule has 2 aromatic heterocycles. The van der Waals surface area contributed by atoms with Crippen molar-refractivity contribution in [3.63, 3.8) is 0 Å². The highest BCUT2D eigenvalue weighted by atomic mass is 32.2. The number of carbonyl (C=O) groups excluding carboxylic acids is 4. The Morgan fingerprint density at radius 1 is 0.886 bits per heavy atom. The van der Waals surface area contributed by atoms with Crippen LogP contribution in [0.2, 0.25) is 0 Å². The number of fused-ring (bicyclic) bond motifs is 1. The molecule has 10 N–H and O–H groups in total. The molecule has 398 valence electrons. The van der Waals surface area contributed by atoms with Crippen molar-refractivity contribution >= 4 is 74.9 Å². The zero-order chi connectivity index (χ0) is 52.0. The van der Waals surface area contributed by atoms with Crippen LogP contribution in [0.25, 0.3) is 11.2 Å². The Kier molecular flexibility index (Phi) is 26.5. The van der Waals surface area contributed by atoms with Crippen molar-refractivity contribution in [2.75, 3.05) is 37.8 Å². The summed E-state index contributed by atoms with van der Waals surface area (Å²) in [6, 6.07) is 0. The molecule has 25 nitrogen and oxygen atoms in total. The third-order valence-corrected chi connectivity index (χ3v) is 14.8. The van der Waals surface area contributed by atoms with Crippen molar-refractivity contribution in [2.45, 2.75) is 154 Å². The van der Waals surface area contributed by atoms with Crippen LogP contribution in [0.1, 0.15) is 130 Å². The van der Waals surface area contributed by atoms with Crippen LogP contribution in [-0.4, -0.2) is 128 Å². The van der Waals surface area contributed by atoms with Gasteiger partial charge in [-0.15, -0.1) is 0 Å². The first-order valence-corrected chi connectivity index (χ1v) is 28.7. The minimum atomic E-state index is -5.59. The number of aliphatic hydroxyl groups excluding tert-OH is 2. The minimum Gasteiger partial charge on any atom is -0.386 e. The van der Waals surface area contributed by atoms with Gasteiger partial charge in [0.1, 0.15) is 42.0 Å². The number of phosphoric acid groups is 3. The molecule has 1 aliphatic rings. The van der Waals surface area contributed by atoms with Gasteiger partial charge in [-0.2, -0.15) is 4.31 Å². The van der Waals surface area contributed by atoms with Crippen LogP contribution in [0.15, 0.2) is 24.8 Å². The lowest BCUT2D eigenvalue weighted by Crippen LogP contribution is -2.46. The molecule has 3 rings (SSSR count). The van der Waals surface area contributed by atoms with E-state index >= 15 is 0 Å². The number of ether oxygens (including phenoxy) is 1. The molecule has 0 saturated carbocycles. The number of aromatic nitrogens is 4. The van der Waals surface area contributed by atoms with Crippen molar-refractivity contribution in [1.82, 2.24) is 30.2 Å². The van der Waals surface area contributed by atoms with Crippen LogP contribution in [0.4, 0.5) is 5.82 Å². The number of nitrogens with zero attached hydrogens (tertiary/aromatic N) is 4. The highest BCUT2D eigenvalue weighted by molar-refractivity contribution is 8.13. The number of phosphoric ester groups is 3. The third-order valence-electron chi connectivity index (χ3n) is 10.8. The van der Waals surface area contributed by atoms with Crippen LogP contribution < -0.4 is 16.4 Å². The molecule has 29 heteroatoms. The molecule has 2 unspecified atom stereocenters. The lowest BCUT2D eigenvalue weighted by Gasteiger charge is -2.30. The summed E-state index contributed by atoms with van der Waals surface area (Å²) in [4.78, 5) is 101. The standard InChI is InChI=1S/C41H70N7O18P3S/c1-4-5-6-7-8-9-10-11-12-13-14-15-16-17-18-19-29(49)24-32(51)70-23-22-43-31(50)20-21-44-39(54)36(53)41(2,3)26-63-69(60,61)66-68(58,59)62-25-30-35(65-67(55,56)57)34(52)40(64-30)48-28-47-33-37(42)45-27-46-38(33)48/h11-12,27-28,30,34-36,40,52-53H,4-10,13-26H2,1-3H3,(H,43,50)(H,44,54)(H,58,59)(H,60,61)(H2,42,45,46)(H2,55,56,57)/b12-11-/t30-,34-,35-,36+,40-/m1/s1. The van der Waals surface area contributed by atoms with Gasteiger partial charge in [-0.05, 0) is 32.1 Å². The fraction of sp³-hybridized carbons (Fsp3) is 0.732. The molecule has 0 bridgehead atoms. The monoisotopic (exact) mass is 1070 g/mol. The average molecular weight is 1070 g/mol. The van der Waals surface area contributed by atoms with Gasteiger partial charge in [0.05, 0.1) is 26.0 Å². The Hall–Kier alpha value is -3.03. The molecule has 0 spiro atoms. The summed E-state index contributed by atoms with van der Waals surface area (Å²) in [5, 5.41) is 26.2. The average Bonchev–Trinajstić information content (AvgIpc) is 3.84. The molecular weight excluding hydrogens is 1000 g/mol. The van der Waals surface area contributed by atoms with Gasteiger partial charge >= 0.3 is 23.5 Å². The van der Waals surface area contributed by atoms with E-state index in [0.29, 0.717) is 6.42 Å². The summed E-state index contributed by atoms with van der Waals surface area (Å²) in [6.45, 7) is 2.56. The number of thioether (sulfide) groups is 1. The zero-order valence-electron chi connectivity index (χ0n) is 39.7. The molecule has 1 saturated heterocycles. The number of nitrogens with one attached hydrogen (secondary N) is 2. The first kappa shape index (κ1) is 61.3. The van der Waals surface area contributed by atoms with E-state index in [9.17, 15) is 62.7 Å². The summed E-state index contributed by atoms with van der Waals surface area (Å²) in [5.41, 5.74) is 4.24. The predicted molar refractivity (Wildman–Crippen MR) is 256 cm³/mol. The van der Waals surface area contributed by atoms with Crippen molar-refractivity contribution in [1.29, 1.82) is 0 Å². The Morgan fingerprint density at radius 3 is 2.17 bits per heavy atom. The second kappa shape index (κ2) is 30.2. The molecule has 3 heterocycles. The number of hydrogen-bond acceptors (Lipinski definition) is 19. The van der Waals surface area contributed by atoms with Crippen molar-refractivity contribution in [3.05, 3.63) is 24.8 Å². The number of nitrogens with two attached hydrogens (primary N) is 1. The van der Waals surface area contributed by atoms with Gasteiger partial charge in [0.15, 0.2) is 22.8 Å². The second-order valence-corrected chi connectivity index (χ2v) is 22.7. The quantitative estimate of drug-likeness (QED) is 0.0194. The van der Waals surface area contributed by atoms with E-state index in [1.54, 1.807) is 0 Å². The maximum Gasteiger partial charge on any atom is 0.481 e. The SMILES string of the molecule is CCCCCCCC/C=C\CCCCCCCC(=O)CC(=O)SCCNC(=O)CCNC(=O)[C@H](O)C(C)(C)COP(=O)(O)OP(=O)(O)OC[C@H]1O[C@@H](n2cnc3c(N)ncnc32)[C@H](O)[C@@H]1OP(=O)(O)O. The van der Waals surface area contributed by atoms with Gasteiger partial charge in [-0.25, -0.2) is 28.6 Å². The first-order valence-electron chi connectivity index (χ1n) is 23.2. The number of ketones is 1.